The van der Waals surface area contributed by atoms with Crippen LogP contribution in [0.25, 0.3) is 0 Å². The monoisotopic (exact) mass is 415 g/mol. The van der Waals surface area contributed by atoms with Crippen LogP contribution in [0.3, 0.4) is 0 Å². The number of carbonyl (C=O) groups excluding carboxylic acids is 3. The van der Waals surface area contributed by atoms with Gasteiger partial charge in [0, 0.05) is 11.3 Å². The number of hydrogen-bond donors (Lipinski definition) is 1. The van der Waals surface area contributed by atoms with Gasteiger partial charge in [0.15, 0.2) is 23.9 Å². The molecule has 0 fully saturated rings. The van der Waals surface area contributed by atoms with E-state index in [1.165, 1.54) is 20.1 Å². The van der Waals surface area contributed by atoms with Crippen molar-refractivity contribution in [1.82, 2.24) is 4.98 Å². The molecule has 1 heterocycles. The molecule has 1 aromatic heterocycles. The minimum absolute atomic E-state index is 0.125. The fourth-order valence-corrected chi connectivity index (χ4v) is 3.16. The lowest BCUT2D eigenvalue weighted by Crippen LogP contribution is -2.15. The van der Waals surface area contributed by atoms with E-state index in [0.717, 1.165) is 6.42 Å². The van der Waals surface area contributed by atoms with Crippen molar-refractivity contribution in [2.45, 2.75) is 41.0 Å². The Morgan fingerprint density at radius 2 is 1.80 bits per heavy atom. The highest BCUT2D eigenvalue weighted by Crippen LogP contribution is 2.29. The van der Waals surface area contributed by atoms with Gasteiger partial charge in [-0.15, -0.1) is 0 Å². The number of rotatable bonds is 10. The molecular formula is C23H29NO6. The lowest BCUT2D eigenvalue weighted by molar-refractivity contribution is 0.0473. The number of aromatic nitrogens is 1. The number of ether oxygens (including phenoxy) is 3. The number of methoxy groups -OCH3 is 1. The summed E-state index contributed by atoms with van der Waals surface area (Å²) in [5.74, 6) is 0.295. The average molecular weight is 415 g/mol. The third kappa shape index (κ3) is 5.49. The predicted octanol–water partition coefficient (Wildman–Crippen LogP) is 4.31. The largest absolute Gasteiger partial charge is 0.493 e. The number of nitrogens with one attached hydrogen (secondary N) is 1. The molecule has 0 atom stereocenters. The zero-order valence-electron chi connectivity index (χ0n) is 18.4. The summed E-state index contributed by atoms with van der Waals surface area (Å²) in [6.45, 7) is 9.19. The second-order valence-electron chi connectivity index (χ2n) is 7.58. The smallest absolute Gasteiger partial charge is 0.338 e. The molecule has 0 aliphatic heterocycles. The van der Waals surface area contributed by atoms with E-state index in [2.05, 4.69) is 18.8 Å². The highest BCUT2D eigenvalue weighted by Gasteiger charge is 2.21. The van der Waals surface area contributed by atoms with Gasteiger partial charge >= 0.3 is 5.97 Å². The highest BCUT2D eigenvalue weighted by molar-refractivity contribution is 6.04. The van der Waals surface area contributed by atoms with Crippen molar-refractivity contribution in [3.05, 3.63) is 46.3 Å². The van der Waals surface area contributed by atoms with E-state index >= 15 is 0 Å². The Hall–Kier alpha value is -3.09. The lowest BCUT2D eigenvalue weighted by Gasteiger charge is -2.13. The molecule has 0 aliphatic carbocycles. The molecule has 0 unspecified atom stereocenters. The Labute approximate surface area is 176 Å². The Kier molecular flexibility index (Phi) is 7.80. The van der Waals surface area contributed by atoms with Gasteiger partial charge < -0.3 is 19.2 Å². The first-order valence-electron chi connectivity index (χ1n) is 9.86. The van der Waals surface area contributed by atoms with Crippen LogP contribution in [0.1, 0.15) is 69.7 Å². The molecule has 0 saturated heterocycles. The van der Waals surface area contributed by atoms with Crippen molar-refractivity contribution >= 4 is 17.5 Å². The summed E-state index contributed by atoms with van der Waals surface area (Å²) in [4.78, 5) is 39.5. The number of esters is 1. The summed E-state index contributed by atoms with van der Waals surface area (Å²) in [5.41, 5.74) is 2.19. The van der Waals surface area contributed by atoms with Gasteiger partial charge in [0.2, 0.25) is 5.78 Å². The molecule has 0 spiro atoms. The van der Waals surface area contributed by atoms with Crippen LogP contribution in [-0.2, 0) is 4.74 Å². The molecule has 0 radical (unpaired) electrons. The van der Waals surface area contributed by atoms with Crippen LogP contribution in [0.15, 0.2) is 18.2 Å². The van der Waals surface area contributed by atoms with Crippen LogP contribution in [0.5, 0.6) is 11.5 Å². The summed E-state index contributed by atoms with van der Waals surface area (Å²) >= 11 is 0. The van der Waals surface area contributed by atoms with Gasteiger partial charge in [0.1, 0.15) is 0 Å². The first-order chi connectivity index (χ1) is 14.1. The van der Waals surface area contributed by atoms with E-state index in [0.29, 0.717) is 40.8 Å². The Bertz CT molecular complexity index is 941. The van der Waals surface area contributed by atoms with E-state index in [1.807, 2.05) is 0 Å². The number of carbonyl (C=O) groups is 3. The van der Waals surface area contributed by atoms with Crippen LogP contribution >= 0.6 is 0 Å². The molecule has 2 rings (SSSR count). The molecule has 7 nitrogen and oxygen atoms in total. The van der Waals surface area contributed by atoms with Gasteiger partial charge in [-0.3, -0.25) is 9.59 Å². The number of benzene rings is 1. The number of Topliss-reactive ketones (excluding diaryl/α,β-unsaturated/α-hetero) is 2. The molecule has 2 aromatic rings. The van der Waals surface area contributed by atoms with Crippen LogP contribution in [0.4, 0.5) is 0 Å². The Morgan fingerprint density at radius 3 is 2.37 bits per heavy atom. The molecule has 162 valence electrons. The van der Waals surface area contributed by atoms with Gasteiger partial charge in [-0.25, -0.2) is 4.79 Å². The minimum atomic E-state index is -0.650. The maximum atomic E-state index is 12.5. The van der Waals surface area contributed by atoms with Crippen LogP contribution in [0, 0.1) is 19.8 Å². The summed E-state index contributed by atoms with van der Waals surface area (Å²) < 4.78 is 16.2. The van der Waals surface area contributed by atoms with E-state index in [4.69, 9.17) is 14.2 Å². The van der Waals surface area contributed by atoms with Gasteiger partial charge in [-0.2, -0.15) is 0 Å². The maximum absolute atomic E-state index is 12.5. The second-order valence-corrected chi connectivity index (χ2v) is 7.58. The van der Waals surface area contributed by atoms with Gasteiger partial charge in [-0.05, 0) is 56.9 Å². The van der Waals surface area contributed by atoms with E-state index in [1.54, 1.807) is 26.0 Å². The van der Waals surface area contributed by atoms with Crippen molar-refractivity contribution in [3.63, 3.8) is 0 Å². The van der Waals surface area contributed by atoms with Crippen molar-refractivity contribution < 1.29 is 28.6 Å². The van der Waals surface area contributed by atoms with Gasteiger partial charge in [-0.1, -0.05) is 13.8 Å². The number of aromatic amines is 1. The molecule has 30 heavy (non-hydrogen) atoms. The Balaban J connectivity index is 2.05. The first-order valence-corrected chi connectivity index (χ1v) is 9.86. The zero-order valence-corrected chi connectivity index (χ0v) is 18.4. The van der Waals surface area contributed by atoms with Crippen LogP contribution < -0.4 is 9.47 Å². The molecular weight excluding hydrogens is 386 g/mol. The van der Waals surface area contributed by atoms with Gasteiger partial charge in [0.05, 0.1) is 25.0 Å². The Morgan fingerprint density at radius 1 is 1.10 bits per heavy atom. The standard InChI is InChI=1S/C23H29NO6/c1-13(2)9-10-29-19-8-7-17(11-20(19)28-6)23(27)30-12-18(26)22-14(3)21(16(5)25)15(4)24-22/h7-8,11,13,24H,9-10,12H2,1-6H3. The normalized spacial score (nSPS) is 10.8. The van der Waals surface area contributed by atoms with Crippen molar-refractivity contribution in [1.29, 1.82) is 0 Å². The van der Waals surface area contributed by atoms with Crippen LogP contribution in [0.2, 0.25) is 0 Å². The van der Waals surface area contributed by atoms with E-state index < -0.39 is 18.4 Å². The quantitative estimate of drug-likeness (QED) is 0.459. The SMILES string of the molecule is COc1cc(C(=O)OCC(=O)c2[nH]c(C)c(C(C)=O)c2C)ccc1OCCC(C)C. The van der Waals surface area contributed by atoms with E-state index in [-0.39, 0.29) is 17.0 Å². The molecule has 0 aliphatic rings. The third-order valence-electron chi connectivity index (χ3n) is 4.75. The molecule has 0 amide bonds. The fraction of sp³-hybridized carbons (Fsp3) is 0.435. The van der Waals surface area contributed by atoms with E-state index in [9.17, 15) is 14.4 Å². The fourth-order valence-electron chi connectivity index (χ4n) is 3.16. The lowest BCUT2D eigenvalue weighted by atomic mass is 10.1. The first kappa shape index (κ1) is 23.2. The number of H-pyrrole nitrogens is 1. The topological polar surface area (TPSA) is 94.7 Å². The number of aryl methyl sites for hydroxylation is 1. The predicted molar refractivity (Wildman–Crippen MR) is 113 cm³/mol. The second kappa shape index (κ2) is 10.1. The minimum Gasteiger partial charge on any atom is -0.493 e. The van der Waals surface area contributed by atoms with Crippen molar-refractivity contribution in [2.75, 3.05) is 20.3 Å². The van der Waals surface area contributed by atoms with Crippen molar-refractivity contribution in [2.24, 2.45) is 5.92 Å². The highest BCUT2D eigenvalue weighted by atomic mass is 16.5. The van der Waals surface area contributed by atoms with Gasteiger partial charge in [0.25, 0.3) is 0 Å². The zero-order chi connectivity index (χ0) is 22.4. The third-order valence-corrected chi connectivity index (χ3v) is 4.75. The number of hydrogen-bond acceptors (Lipinski definition) is 6. The number of ketones is 2. The molecule has 0 saturated carbocycles. The molecule has 0 bridgehead atoms. The summed E-state index contributed by atoms with van der Waals surface area (Å²) in [5, 5.41) is 0. The summed E-state index contributed by atoms with van der Waals surface area (Å²) in [7, 11) is 1.49. The van der Waals surface area contributed by atoms with Crippen molar-refractivity contribution in [3.8, 4) is 11.5 Å². The summed E-state index contributed by atoms with van der Waals surface area (Å²) in [6.07, 6.45) is 0.901. The molecule has 7 heteroatoms. The average Bonchev–Trinajstić information content (AvgIpc) is 2.99. The molecule has 1 N–H and O–H groups in total. The van der Waals surface area contributed by atoms with Crippen LogP contribution in [-0.4, -0.2) is 42.8 Å². The maximum Gasteiger partial charge on any atom is 0.338 e. The summed E-state index contributed by atoms with van der Waals surface area (Å²) in [6, 6.07) is 4.74. The molecule has 1 aromatic carbocycles.